The van der Waals surface area contributed by atoms with Crippen LogP contribution in [0.5, 0.6) is 0 Å². The van der Waals surface area contributed by atoms with Crippen LogP contribution in [-0.2, 0) is 4.79 Å². The molecule has 1 aromatic heterocycles. The molecule has 1 unspecified atom stereocenters. The summed E-state index contributed by atoms with van der Waals surface area (Å²) in [5.41, 5.74) is 1.53. The fraction of sp³-hybridized carbons (Fsp3) is 0.450. The monoisotopic (exact) mass is 356 g/mol. The Hall–Kier alpha value is -2.50. The third-order valence-corrected chi connectivity index (χ3v) is 4.53. The lowest BCUT2D eigenvalue weighted by molar-refractivity contribution is -0.133. The Morgan fingerprint density at radius 2 is 2.23 bits per heavy atom. The van der Waals surface area contributed by atoms with Gasteiger partial charge in [0.1, 0.15) is 5.82 Å². The number of carbonyl (C=O) groups excluding carboxylic acids is 1. The van der Waals surface area contributed by atoms with Crippen LogP contribution >= 0.6 is 0 Å². The van der Waals surface area contributed by atoms with Crippen molar-refractivity contribution < 1.29 is 9.18 Å². The predicted molar refractivity (Wildman–Crippen MR) is 99.7 cm³/mol. The molecule has 1 aliphatic heterocycles. The minimum absolute atomic E-state index is 0.205. The highest BCUT2D eigenvalue weighted by Crippen LogP contribution is 2.27. The van der Waals surface area contributed by atoms with E-state index in [9.17, 15) is 9.18 Å². The second-order valence-corrected chi connectivity index (χ2v) is 7.22. The van der Waals surface area contributed by atoms with Gasteiger partial charge >= 0.3 is 0 Å². The zero-order valence-electron chi connectivity index (χ0n) is 15.3. The Kier molecular flexibility index (Phi) is 5.81. The van der Waals surface area contributed by atoms with Crippen molar-refractivity contribution in [2.24, 2.45) is 5.92 Å². The number of anilines is 2. The van der Waals surface area contributed by atoms with Gasteiger partial charge < -0.3 is 10.2 Å². The van der Waals surface area contributed by atoms with Crippen LogP contribution in [-0.4, -0.2) is 33.9 Å². The van der Waals surface area contributed by atoms with Crippen molar-refractivity contribution in [2.45, 2.75) is 39.0 Å². The van der Waals surface area contributed by atoms with Gasteiger partial charge in [0.2, 0.25) is 11.9 Å². The van der Waals surface area contributed by atoms with Crippen molar-refractivity contribution in [1.82, 2.24) is 14.9 Å². The summed E-state index contributed by atoms with van der Waals surface area (Å²) in [5.74, 6) is 0.924. The molecule has 138 valence electrons. The van der Waals surface area contributed by atoms with Crippen LogP contribution < -0.4 is 5.32 Å². The molecule has 6 heteroatoms. The van der Waals surface area contributed by atoms with Gasteiger partial charge in [-0.3, -0.25) is 4.79 Å². The number of rotatable bonds is 5. The summed E-state index contributed by atoms with van der Waals surface area (Å²) in [5, 5.41) is 3.04. The van der Waals surface area contributed by atoms with E-state index in [0.717, 1.165) is 25.1 Å². The Labute approximate surface area is 153 Å². The maximum absolute atomic E-state index is 13.3. The number of hydrogen-bond acceptors (Lipinski definition) is 4. The van der Waals surface area contributed by atoms with Crippen LogP contribution in [0.15, 0.2) is 36.5 Å². The zero-order valence-corrected chi connectivity index (χ0v) is 15.3. The van der Waals surface area contributed by atoms with Crippen molar-refractivity contribution in [2.75, 3.05) is 18.4 Å². The van der Waals surface area contributed by atoms with E-state index in [0.29, 0.717) is 30.5 Å². The highest BCUT2D eigenvalue weighted by Gasteiger charge is 2.26. The minimum atomic E-state index is -0.308. The van der Waals surface area contributed by atoms with Gasteiger partial charge in [0, 0.05) is 37.3 Å². The smallest absolute Gasteiger partial charge is 0.227 e. The lowest BCUT2D eigenvalue weighted by Crippen LogP contribution is -2.39. The lowest BCUT2D eigenvalue weighted by atomic mass is 9.94. The highest BCUT2D eigenvalue weighted by molar-refractivity contribution is 5.76. The quantitative estimate of drug-likeness (QED) is 0.876. The Balaban J connectivity index is 1.70. The Bertz CT molecular complexity index is 765. The molecule has 1 saturated heterocycles. The molecule has 1 aliphatic rings. The van der Waals surface area contributed by atoms with Gasteiger partial charge in [0.05, 0.1) is 5.69 Å². The third-order valence-electron chi connectivity index (χ3n) is 4.53. The maximum atomic E-state index is 13.3. The van der Waals surface area contributed by atoms with Crippen molar-refractivity contribution in [3.8, 4) is 0 Å². The zero-order chi connectivity index (χ0) is 18.5. The molecule has 0 saturated carbocycles. The fourth-order valence-corrected chi connectivity index (χ4v) is 3.28. The van der Waals surface area contributed by atoms with Crippen LogP contribution in [0.1, 0.15) is 44.7 Å². The van der Waals surface area contributed by atoms with Crippen molar-refractivity contribution in [3.05, 3.63) is 48.0 Å². The number of amides is 1. The molecule has 2 heterocycles. The predicted octanol–water partition coefficient (Wildman–Crippen LogP) is 4.11. The summed E-state index contributed by atoms with van der Waals surface area (Å²) < 4.78 is 13.3. The molecular weight excluding hydrogens is 331 g/mol. The van der Waals surface area contributed by atoms with E-state index in [4.69, 9.17) is 0 Å². The normalized spacial score (nSPS) is 17.4. The number of likely N-dealkylation sites (tertiary alicyclic amines) is 1. The van der Waals surface area contributed by atoms with E-state index in [-0.39, 0.29) is 17.6 Å². The first kappa shape index (κ1) is 18.3. The van der Waals surface area contributed by atoms with E-state index < -0.39 is 0 Å². The van der Waals surface area contributed by atoms with Crippen molar-refractivity contribution >= 4 is 17.5 Å². The fourth-order valence-electron chi connectivity index (χ4n) is 3.28. The Morgan fingerprint density at radius 1 is 1.38 bits per heavy atom. The van der Waals surface area contributed by atoms with Gasteiger partial charge in [-0.05, 0) is 43.0 Å². The van der Waals surface area contributed by atoms with Gasteiger partial charge in [-0.25, -0.2) is 14.4 Å². The average molecular weight is 356 g/mol. The van der Waals surface area contributed by atoms with Crippen LogP contribution in [0.2, 0.25) is 0 Å². The highest BCUT2D eigenvalue weighted by atomic mass is 19.1. The van der Waals surface area contributed by atoms with Gasteiger partial charge in [-0.1, -0.05) is 19.9 Å². The molecule has 2 aromatic rings. The third kappa shape index (κ3) is 4.77. The van der Waals surface area contributed by atoms with Crippen LogP contribution in [0.25, 0.3) is 0 Å². The maximum Gasteiger partial charge on any atom is 0.227 e. The number of halogens is 1. The molecule has 1 amide bonds. The number of benzene rings is 1. The summed E-state index contributed by atoms with van der Waals surface area (Å²) in [4.78, 5) is 23.1. The SMILES string of the molecule is CC(C)CC(=O)N1CCCC(c2ccnc(Nc3cccc(F)c3)n2)C1. The van der Waals surface area contributed by atoms with Crippen LogP contribution in [0.4, 0.5) is 16.0 Å². The molecule has 1 fully saturated rings. The second kappa shape index (κ2) is 8.25. The molecule has 3 rings (SSSR count). The number of nitrogens with one attached hydrogen (secondary N) is 1. The van der Waals surface area contributed by atoms with E-state index >= 15 is 0 Å². The summed E-state index contributed by atoms with van der Waals surface area (Å²) >= 11 is 0. The molecule has 1 aromatic carbocycles. The van der Waals surface area contributed by atoms with E-state index in [1.807, 2.05) is 11.0 Å². The molecule has 5 nitrogen and oxygen atoms in total. The van der Waals surface area contributed by atoms with Gasteiger partial charge in [0.15, 0.2) is 0 Å². The van der Waals surface area contributed by atoms with Crippen molar-refractivity contribution in [1.29, 1.82) is 0 Å². The summed E-state index contributed by atoms with van der Waals surface area (Å²) in [6.45, 7) is 5.64. The van der Waals surface area contributed by atoms with E-state index in [1.54, 1.807) is 18.3 Å². The minimum Gasteiger partial charge on any atom is -0.342 e. The first-order valence-corrected chi connectivity index (χ1v) is 9.14. The number of carbonyl (C=O) groups is 1. The van der Waals surface area contributed by atoms with Crippen LogP contribution in [0, 0.1) is 11.7 Å². The summed E-state index contributed by atoms with van der Waals surface area (Å²) in [6.07, 6.45) is 4.27. The van der Waals surface area contributed by atoms with E-state index in [2.05, 4.69) is 29.1 Å². The largest absolute Gasteiger partial charge is 0.342 e. The molecule has 0 radical (unpaired) electrons. The summed E-state index contributed by atoms with van der Waals surface area (Å²) in [7, 11) is 0. The van der Waals surface area contributed by atoms with Crippen LogP contribution in [0.3, 0.4) is 0 Å². The van der Waals surface area contributed by atoms with Crippen molar-refractivity contribution in [3.63, 3.8) is 0 Å². The standard InChI is InChI=1S/C20H25FN4O/c1-14(2)11-19(26)25-10-4-5-15(13-25)18-8-9-22-20(24-18)23-17-7-3-6-16(21)12-17/h3,6-9,12,14-15H,4-5,10-11,13H2,1-2H3,(H,22,23,24). The van der Waals surface area contributed by atoms with Gasteiger partial charge in [-0.15, -0.1) is 0 Å². The molecule has 1 atom stereocenters. The summed E-state index contributed by atoms with van der Waals surface area (Å²) in [6, 6.07) is 8.11. The molecule has 0 spiro atoms. The van der Waals surface area contributed by atoms with Gasteiger partial charge in [-0.2, -0.15) is 0 Å². The first-order valence-electron chi connectivity index (χ1n) is 9.14. The molecule has 0 bridgehead atoms. The molecular formula is C20H25FN4O. The van der Waals surface area contributed by atoms with E-state index in [1.165, 1.54) is 12.1 Å². The average Bonchev–Trinajstić information content (AvgIpc) is 2.61. The molecule has 0 aliphatic carbocycles. The second-order valence-electron chi connectivity index (χ2n) is 7.22. The number of nitrogens with zero attached hydrogens (tertiary/aromatic N) is 3. The number of piperidine rings is 1. The molecule has 1 N–H and O–H groups in total. The number of hydrogen-bond donors (Lipinski definition) is 1. The Morgan fingerprint density at radius 3 is 3.00 bits per heavy atom. The lowest BCUT2D eigenvalue weighted by Gasteiger charge is -2.33. The molecule has 26 heavy (non-hydrogen) atoms. The first-order chi connectivity index (χ1) is 12.5. The number of aromatic nitrogens is 2. The topological polar surface area (TPSA) is 58.1 Å². The van der Waals surface area contributed by atoms with Gasteiger partial charge in [0.25, 0.3) is 0 Å².